The predicted molar refractivity (Wildman–Crippen MR) is 71.6 cm³/mol. The number of benzene rings is 1. The monoisotopic (exact) mass is 235 g/mol. The number of allylic oxidation sites excluding steroid dienone is 1. The second-order valence-electron chi connectivity index (χ2n) is 5.17. The van der Waals surface area contributed by atoms with Crippen molar-refractivity contribution in [3.8, 4) is 0 Å². The lowest BCUT2D eigenvalue weighted by Gasteiger charge is -2.20. The van der Waals surface area contributed by atoms with Crippen LogP contribution in [0, 0.1) is 5.82 Å². The zero-order valence-corrected chi connectivity index (χ0v) is 11.2. The number of nitrogens with two attached hydrogens (primary N) is 1. The molecule has 0 radical (unpaired) electrons. The average molecular weight is 235 g/mol. The molecule has 0 spiro atoms. The lowest BCUT2D eigenvalue weighted by molar-refractivity contribution is 0.591. The Labute approximate surface area is 104 Å². The summed E-state index contributed by atoms with van der Waals surface area (Å²) in [5.41, 5.74) is 9.24. The summed E-state index contributed by atoms with van der Waals surface area (Å²) in [6.45, 7) is 12.0. The van der Waals surface area contributed by atoms with Gasteiger partial charge in [0.25, 0.3) is 0 Å². The topological polar surface area (TPSA) is 26.0 Å². The highest BCUT2D eigenvalue weighted by Crippen LogP contribution is 2.31. The summed E-state index contributed by atoms with van der Waals surface area (Å²) >= 11 is 0. The molecule has 0 saturated carbocycles. The SMILES string of the molecule is C=C(N)Cc1c(C(C)C)ccc(F)c1C(C)C. The molecule has 0 aliphatic carbocycles. The molecule has 0 bridgehead atoms. The van der Waals surface area contributed by atoms with Gasteiger partial charge in [0.1, 0.15) is 5.82 Å². The minimum absolute atomic E-state index is 0.138. The average Bonchev–Trinajstić information content (AvgIpc) is 2.15. The van der Waals surface area contributed by atoms with Gasteiger partial charge in [-0.15, -0.1) is 0 Å². The second-order valence-corrected chi connectivity index (χ2v) is 5.17. The van der Waals surface area contributed by atoms with Crippen LogP contribution >= 0.6 is 0 Å². The fourth-order valence-electron chi connectivity index (χ4n) is 2.24. The summed E-state index contributed by atoms with van der Waals surface area (Å²) in [5, 5.41) is 0. The van der Waals surface area contributed by atoms with Crippen LogP contribution in [0.15, 0.2) is 24.4 Å². The Hall–Kier alpha value is -1.31. The zero-order valence-electron chi connectivity index (χ0n) is 11.2. The van der Waals surface area contributed by atoms with Crippen molar-refractivity contribution in [2.24, 2.45) is 5.73 Å². The third-order valence-electron chi connectivity index (χ3n) is 2.94. The third-order valence-corrected chi connectivity index (χ3v) is 2.94. The summed E-state index contributed by atoms with van der Waals surface area (Å²) in [4.78, 5) is 0. The summed E-state index contributed by atoms with van der Waals surface area (Å²) in [6.07, 6.45) is 0.554. The molecule has 0 unspecified atom stereocenters. The second kappa shape index (κ2) is 5.35. The third kappa shape index (κ3) is 3.09. The maximum atomic E-state index is 13.9. The molecule has 0 atom stereocenters. The summed E-state index contributed by atoms with van der Waals surface area (Å²) in [7, 11) is 0. The molecule has 17 heavy (non-hydrogen) atoms. The number of rotatable bonds is 4. The van der Waals surface area contributed by atoms with Crippen molar-refractivity contribution < 1.29 is 4.39 Å². The molecule has 1 nitrogen and oxygen atoms in total. The maximum Gasteiger partial charge on any atom is 0.126 e. The van der Waals surface area contributed by atoms with Gasteiger partial charge in [0.05, 0.1) is 0 Å². The highest BCUT2D eigenvalue weighted by Gasteiger charge is 2.17. The fraction of sp³-hybridized carbons (Fsp3) is 0.467. The first-order valence-corrected chi connectivity index (χ1v) is 6.09. The van der Waals surface area contributed by atoms with Gasteiger partial charge in [-0.2, -0.15) is 0 Å². The van der Waals surface area contributed by atoms with E-state index in [-0.39, 0.29) is 11.7 Å². The Kier molecular flexibility index (Phi) is 4.33. The molecule has 1 aromatic carbocycles. The van der Waals surface area contributed by atoms with Crippen LogP contribution in [-0.2, 0) is 6.42 Å². The molecule has 0 amide bonds. The zero-order chi connectivity index (χ0) is 13.2. The van der Waals surface area contributed by atoms with Gasteiger partial charge in [-0.1, -0.05) is 40.3 Å². The van der Waals surface area contributed by atoms with Gasteiger partial charge < -0.3 is 5.73 Å². The molecule has 2 N–H and O–H groups in total. The van der Waals surface area contributed by atoms with Gasteiger partial charge in [0, 0.05) is 12.1 Å². The van der Waals surface area contributed by atoms with E-state index in [1.54, 1.807) is 6.07 Å². The van der Waals surface area contributed by atoms with E-state index in [1.807, 2.05) is 19.9 Å². The summed E-state index contributed by atoms with van der Waals surface area (Å²) in [5.74, 6) is 0.381. The van der Waals surface area contributed by atoms with E-state index in [0.29, 0.717) is 18.0 Å². The van der Waals surface area contributed by atoms with E-state index >= 15 is 0 Å². The normalized spacial score (nSPS) is 11.2. The van der Waals surface area contributed by atoms with Crippen LogP contribution in [0.3, 0.4) is 0 Å². The standard InChI is InChI=1S/C15H22FN/c1-9(2)12-6-7-14(16)15(10(3)4)13(12)8-11(5)17/h6-7,9-10H,5,8,17H2,1-4H3. The van der Waals surface area contributed by atoms with E-state index in [0.717, 1.165) is 11.1 Å². The van der Waals surface area contributed by atoms with Crippen LogP contribution in [0.25, 0.3) is 0 Å². The molecule has 2 heteroatoms. The maximum absolute atomic E-state index is 13.9. The summed E-state index contributed by atoms with van der Waals surface area (Å²) < 4.78 is 13.9. The Morgan fingerprint density at radius 1 is 1.24 bits per heavy atom. The van der Waals surface area contributed by atoms with Crippen molar-refractivity contribution in [3.05, 3.63) is 46.9 Å². The molecule has 1 aromatic rings. The van der Waals surface area contributed by atoms with Gasteiger partial charge >= 0.3 is 0 Å². The van der Waals surface area contributed by atoms with E-state index in [4.69, 9.17) is 5.73 Å². The first-order chi connectivity index (χ1) is 7.84. The van der Waals surface area contributed by atoms with Crippen LogP contribution in [0.2, 0.25) is 0 Å². The van der Waals surface area contributed by atoms with Crippen molar-refractivity contribution in [1.82, 2.24) is 0 Å². The van der Waals surface area contributed by atoms with E-state index in [9.17, 15) is 4.39 Å². The first kappa shape index (κ1) is 13.8. The van der Waals surface area contributed by atoms with Crippen molar-refractivity contribution in [2.75, 3.05) is 0 Å². The molecule has 0 saturated heterocycles. The molecular formula is C15H22FN. The number of hydrogen-bond acceptors (Lipinski definition) is 1. The van der Waals surface area contributed by atoms with Crippen molar-refractivity contribution in [1.29, 1.82) is 0 Å². The highest BCUT2D eigenvalue weighted by molar-refractivity contribution is 5.41. The van der Waals surface area contributed by atoms with Crippen LogP contribution in [0.1, 0.15) is 56.2 Å². The Morgan fingerprint density at radius 2 is 1.82 bits per heavy atom. The molecular weight excluding hydrogens is 213 g/mol. The van der Waals surface area contributed by atoms with Crippen molar-refractivity contribution >= 4 is 0 Å². The van der Waals surface area contributed by atoms with Gasteiger partial charge in [-0.3, -0.25) is 0 Å². The molecule has 0 aliphatic heterocycles. The first-order valence-electron chi connectivity index (χ1n) is 6.09. The van der Waals surface area contributed by atoms with Crippen LogP contribution in [-0.4, -0.2) is 0 Å². The number of halogens is 1. The Morgan fingerprint density at radius 3 is 2.24 bits per heavy atom. The van der Waals surface area contributed by atoms with Gasteiger partial charge in [0.15, 0.2) is 0 Å². The van der Waals surface area contributed by atoms with Crippen LogP contribution < -0.4 is 5.73 Å². The largest absolute Gasteiger partial charge is 0.402 e. The lowest BCUT2D eigenvalue weighted by Crippen LogP contribution is -2.10. The molecule has 0 aliphatic rings. The quantitative estimate of drug-likeness (QED) is 0.835. The fourth-order valence-corrected chi connectivity index (χ4v) is 2.24. The minimum atomic E-state index is -0.138. The van der Waals surface area contributed by atoms with Gasteiger partial charge in [-0.05, 0) is 34.6 Å². The molecule has 94 valence electrons. The van der Waals surface area contributed by atoms with Crippen molar-refractivity contribution in [3.63, 3.8) is 0 Å². The lowest BCUT2D eigenvalue weighted by atomic mass is 9.86. The van der Waals surface area contributed by atoms with Crippen molar-refractivity contribution in [2.45, 2.75) is 46.0 Å². The molecule has 0 heterocycles. The van der Waals surface area contributed by atoms with Crippen LogP contribution in [0.4, 0.5) is 4.39 Å². The molecule has 1 rings (SSSR count). The molecule has 0 aromatic heterocycles. The summed E-state index contributed by atoms with van der Waals surface area (Å²) in [6, 6.07) is 3.43. The van der Waals surface area contributed by atoms with E-state index in [2.05, 4.69) is 20.4 Å². The number of hydrogen-bond donors (Lipinski definition) is 1. The Bertz CT molecular complexity index is 419. The predicted octanol–water partition coefficient (Wildman–Crippen LogP) is 4.09. The minimum Gasteiger partial charge on any atom is -0.402 e. The van der Waals surface area contributed by atoms with E-state index in [1.165, 1.54) is 5.56 Å². The van der Waals surface area contributed by atoms with Gasteiger partial charge in [-0.25, -0.2) is 4.39 Å². The van der Waals surface area contributed by atoms with Crippen LogP contribution in [0.5, 0.6) is 0 Å². The highest BCUT2D eigenvalue weighted by atomic mass is 19.1. The Balaban J connectivity index is 3.43. The smallest absolute Gasteiger partial charge is 0.126 e. The molecule has 0 fully saturated rings. The van der Waals surface area contributed by atoms with E-state index < -0.39 is 0 Å². The van der Waals surface area contributed by atoms with Gasteiger partial charge in [0.2, 0.25) is 0 Å².